The van der Waals surface area contributed by atoms with Crippen molar-refractivity contribution in [2.45, 2.75) is 31.8 Å². The molecule has 1 saturated carbocycles. The van der Waals surface area contributed by atoms with Crippen LogP contribution in [0, 0.1) is 5.92 Å². The molecule has 2 atom stereocenters. The van der Waals surface area contributed by atoms with Crippen LogP contribution < -0.4 is 11.1 Å². The number of aliphatic hydroxyl groups excluding tert-OH is 1. The zero-order valence-electron chi connectivity index (χ0n) is 10.7. The van der Waals surface area contributed by atoms with Crippen LogP contribution in [-0.2, 0) is 6.42 Å². The lowest BCUT2D eigenvalue weighted by molar-refractivity contribution is 0.0912. The number of carbonyl (C=O) groups excluding carboxylic acids is 1. The summed E-state index contributed by atoms with van der Waals surface area (Å²) in [5.74, 6) is 0.0321. The number of halogens is 1. The Balaban J connectivity index is 0.00000180. The third kappa shape index (κ3) is 4.42. The van der Waals surface area contributed by atoms with Crippen molar-refractivity contribution in [3.05, 3.63) is 16.1 Å². The Morgan fingerprint density at radius 2 is 2.37 bits per heavy atom. The summed E-state index contributed by atoms with van der Waals surface area (Å²) in [6.07, 6.45) is 3.31. The number of aromatic nitrogens is 1. The van der Waals surface area contributed by atoms with Crippen LogP contribution in [0.1, 0.15) is 34.8 Å². The van der Waals surface area contributed by atoms with Crippen molar-refractivity contribution in [2.75, 3.05) is 13.1 Å². The molecule has 0 bridgehead atoms. The molecule has 1 aromatic rings. The van der Waals surface area contributed by atoms with Gasteiger partial charge in [0.2, 0.25) is 0 Å². The molecule has 1 aliphatic carbocycles. The Bertz CT molecular complexity index is 413. The van der Waals surface area contributed by atoms with Crippen LogP contribution in [0.5, 0.6) is 0 Å². The first-order valence-corrected chi connectivity index (χ1v) is 7.19. The van der Waals surface area contributed by atoms with Crippen molar-refractivity contribution >= 4 is 29.7 Å². The van der Waals surface area contributed by atoms with Gasteiger partial charge in [-0.1, -0.05) is 6.42 Å². The summed E-state index contributed by atoms with van der Waals surface area (Å²) in [5, 5.41) is 15.2. The maximum atomic E-state index is 11.8. The first-order valence-electron chi connectivity index (χ1n) is 6.31. The van der Waals surface area contributed by atoms with Crippen LogP contribution in [-0.4, -0.2) is 35.2 Å². The van der Waals surface area contributed by atoms with Gasteiger partial charge in [0.25, 0.3) is 5.91 Å². The quantitative estimate of drug-likeness (QED) is 0.756. The largest absolute Gasteiger partial charge is 0.393 e. The molecule has 0 saturated heterocycles. The van der Waals surface area contributed by atoms with E-state index in [1.807, 2.05) is 0 Å². The van der Waals surface area contributed by atoms with Crippen molar-refractivity contribution in [2.24, 2.45) is 11.7 Å². The summed E-state index contributed by atoms with van der Waals surface area (Å²) >= 11 is 1.46. The molecule has 2 rings (SSSR count). The van der Waals surface area contributed by atoms with Crippen LogP contribution in [0.3, 0.4) is 0 Å². The van der Waals surface area contributed by atoms with Gasteiger partial charge >= 0.3 is 0 Å². The van der Waals surface area contributed by atoms with Gasteiger partial charge in [-0.15, -0.1) is 23.7 Å². The highest BCUT2D eigenvalue weighted by molar-refractivity contribution is 7.09. The lowest BCUT2D eigenvalue weighted by Crippen LogP contribution is -2.32. The molecule has 0 aliphatic heterocycles. The fraction of sp³-hybridized carbons (Fsp3) is 0.667. The lowest BCUT2D eigenvalue weighted by atomic mass is 10.1. The molecule has 0 aromatic carbocycles. The number of hydrogen-bond acceptors (Lipinski definition) is 5. The molecular weight excluding hydrogens is 286 g/mol. The van der Waals surface area contributed by atoms with E-state index in [0.717, 1.165) is 24.3 Å². The van der Waals surface area contributed by atoms with E-state index in [1.54, 1.807) is 5.38 Å². The minimum atomic E-state index is -0.270. The zero-order chi connectivity index (χ0) is 13.0. The van der Waals surface area contributed by atoms with Crippen molar-refractivity contribution in [1.82, 2.24) is 10.3 Å². The standard InChI is InChI=1S/C12H19N3O2S.ClH/c13-5-4-11-15-9(7-18-11)12(17)14-6-8-2-1-3-10(8)16;/h7-8,10,16H,1-6,13H2,(H,14,17);1H. The van der Waals surface area contributed by atoms with E-state index in [-0.39, 0.29) is 30.3 Å². The molecule has 1 amide bonds. The lowest BCUT2D eigenvalue weighted by Gasteiger charge is -2.14. The second-order valence-corrected chi connectivity index (χ2v) is 5.58. The Hall–Kier alpha value is -0.690. The zero-order valence-corrected chi connectivity index (χ0v) is 12.3. The highest BCUT2D eigenvalue weighted by Crippen LogP contribution is 2.24. The number of amides is 1. The topological polar surface area (TPSA) is 88.2 Å². The van der Waals surface area contributed by atoms with E-state index >= 15 is 0 Å². The maximum Gasteiger partial charge on any atom is 0.270 e. The van der Waals surface area contributed by atoms with Gasteiger partial charge in [0.15, 0.2) is 0 Å². The fourth-order valence-corrected chi connectivity index (χ4v) is 3.02. The second kappa shape index (κ2) is 7.79. The number of aliphatic hydroxyl groups is 1. The first kappa shape index (κ1) is 16.4. The predicted molar refractivity (Wildman–Crippen MR) is 77.8 cm³/mol. The molecule has 2 unspecified atom stereocenters. The van der Waals surface area contributed by atoms with Crippen LogP contribution in [0.15, 0.2) is 5.38 Å². The molecule has 1 aliphatic rings. The van der Waals surface area contributed by atoms with E-state index in [9.17, 15) is 9.90 Å². The number of nitrogens with one attached hydrogen (secondary N) is 1. The SMILES string of the molecule is Cl.NCCc1nc(C(=O)NCC2CCCC2O)cs1. The maximum absolute atomic E-state index is 11.8. The molecule has 1 aromatic heterocycles. The van der Waals surface area contributed by atoms with E-state index < -0.39 is 0 Å². The molecular formula is C12H20ClN3O2S. The van der Waals surface area contributed by atoms with Gasteiger partial charge in [-0.3, -0.25) is 4.79 Å². The molecule has 5 nitrogen and oxygen atoms in total. The minimum absolute atomic E-state index is 0. The highest BCUT2D eigenvalue weighted by atomic mass is 35.5. The third-order valence-electron chi connectivity index (χ3n) is 3.29. The van der Waals surface area contributed by atoms with Crippen molar-refractivity contribution < 1.29 is 9.90 Å². The van der Waals surface area contributed by atoms with Crippen molar-refractivity contribution in [3.63, 3.8) is 0 Å². The summed E-state index contributed by atoms with van der Waals surface area (Å²) in [5.41, 5.74) is 5.90. The van der Waals surface area contributed by atoms with E-state index in [1.165, 1.54) is 11.3 Å². The number of rotatable bonds is 5. The van der Waals surface area contributed by atoms with Crippen molar-refractivity contribution in [1.29, 1.82) is 0 Å². The van der Waals surface area contributed by atoms with Gasteiger partial charge in [-0.25, -0.2) is 4.98 Å². The molecule has 0 spiro atoms. The van der Waals surface area contributed by atoms with Gasteiger partial charge in [-0.2, -0.15) is 0 Å². The van der Waals surface area contributed by atoms with E-state index in [4.69, 9.17) is 5.73 Å². The predicted octanol–water partition coefficient (Wildman–Crippen LogP) is 0.957. The second-order valence-electron chi connectivity index (χ2n) is 4.63. The van der Waals surface area contributed by atoms with Gasteiger partial charge in [0.1, 0.15) is 5.69 Å². The fourth-order valence-electron chi connectivity index (χ4n) is 2.22. The van der Waals surface area contributed by atoms with Crippen LogP contribution in [0.2, 0.25) is 0 Å². The summed E-state index contributed by atoms with van der Waals surface area (Å²) in [6.45, 7) is 1.08. The molecule has 19 heavy (non-hydrogen) atoms. The van der Waals surface area contributed by atoms with Crippen LogP contribution in [0.25, 0.3) is 0 Å². The molecule has 108 valence electrons. The smallest absolute Gasteiger partial charge is 0.270 e. The first-order chi connectivity index (χ1) is 8.70. The van der Waals surface area contributed by atoms with Gasteiger partial charge in [-0.05, 0) is 19.4 Å². The molecule has 1 heterocycles. The van der Waals surface area contributed by atoms with Crippen LogP contribution in [0.4, 0.5) is 0 Å². The summed E-state index contributed by atoms with van der Waals surface area (Å²) in [7, 11) is 0. The monoisotopic (exact) mass is 305 g/mol. The number of thiazole rings is 1. The van der Waals surface area contributed by atoms with Gasteiger partial charge in [0.05, 0.1) is 11.1 Å². The average Bonchev–Trinajstić information content (AvgIpc) is 2.96. The number of hydrogen-bond donors (Lipinski definition) is 3. The molecule has 4 N–H and O–H groups in total. The number of nitrogens with two attached hydrogens (primary N) is 1. The summed E-state index contributed by atoms with van der Waals surface area (Å²) in [6, 6.07) is 0. The summed E-state index contributed by atoms with van der Waals surface area (Å²) < 4.78 is 0. The van der Waals surface area contributed by atoms with Crippen molar-refractivity contribution in [3.8, 4) is 0 Å². The van der Waals surface area contributed by atoms with Gasteiger partial charge in [0, 0.05) is 24.3 Å². The molecule has 7 heteroatoms. The van der Waals surface area contributed by atoms with Crippen LogP contribution >= 0.6 is 23.7 Å². The number of nitrogens with zero attached hydrogens (tertiary/aromatic N) is 1. The minimum Gasteiger partial charge on any atom is -0.393 e. The molecule has 0 radical (unpaired) electrons. The number of carbonyl (C=O) groups is 1. The highest BCUT2D eigenvalue weighted by Gasteiger charge is 2.25. The van der Waals surface area contributed by atoms with E-state index in [0.29, 0.717) is 25.2 Å². The summed E-state index contributed by atoms with van der Waals surface area (Å²) in [4.78, 5) is 16.1. The Morgan fingerprint density at radius 3 is 3.00 bits per heavy atom. The average molecular weight is 306 g/mol. The van der Waals surface area contributed by atoms with Gasteiger partial charge < -0.3 is 16.2 Å². The molecule has 1 fully saturated rings. The third-order valence-corrected chi connectivity index (χ3v) is 4.19. The Labute approximate surface area is 123 Å². The normalized spacial score (nSPS) is 22.0. The Kier molecular flexibility index (Phi) is 6.71. The van der Waals surface area contributed by atoms with E-state index in [2.05, 4.69) is 10.3 Å². The Morgan fingerprint density at radius 1 is 1.58 bits per heavy atom.